The smallest absolute Gasteiger partial charge is 0.0685 e. The maximum Gasteiger partial charge on any atom is 0.0685 e. The quantitative estimate of drug-likeness (QED) is 0.908. The van der Waals surface area contributed by atoms with Crippen LogP contribution in [0.5, 0.6) is 0 Å². The Morgan fingerprint density at radius 3 is 2.04 bits per heavy atom. The first-order valence-corrected chi connectivity index (χ1v) is 8.44. The summed E-state index contributed by atoms with van der Waals surface area (Å²) in [6.07, 6.45) is 1.72. The highest BCUT2D eigenvalue weighted by Crippen LogP contribution is 2.30. The van der Waals surface area contributed by atoms with Gasteiger partial charge in [-0.2, -0.15) is 5.10 Å². The van der Waals surface area contributed by atoms with Crippen molar-refractivity contribution in [3.8, 4) is 5.69 Å². The lowest BCUT2D eigenvalue weighted by Crippen LogP contribution is -2.17. The third-order valence-corrected chi connectivity index (χ3v) is 4.05. The molecule has 1 aromatic heterocycles. The van der Waals surface area contributed by atoms with E-state index in [4.69, 9.17) is 10.2 Å². The van der Waals surface area contributed by atoms with Gasteiger partial charge >= 0.3 is 0 Å². The Labute approximate surface area is 140 Å². The van der Waals surface area contributed by atoms with Crippen LogP contribution in [0.4, 0.5) is 0 Å². The second-order valence-electron chi connectivity index (χ2n) is 8.32. The van der Waals surface area contributed by atoms with Gasteiger partial charge in [-0.25, -0.2) is 4.68 Å². The van der Waals surface area contributed by atoms with Crippen molar-refractivity contribution in [2.75, 3.05) is 6.61 Å². The molecule has 23 heavy (non-hydrogen) atoms. The summed E-state index contributed by atoms with van der Waals surface area (Å²) >= 11 is 0. The van der Waals surface area contributed by atoms with Crippen LogP contribution in [0.25, 0.3) is 5.69 Å². The van der Waals surface area contributed by atoms with Gasteiger partial charge in [0, 0.05) is 23.1 Å². The number of aromatic nitrogens is 2. The molecule has 0 aliphatic rings. The van der Waals surface area contributed by atoms with Gasteiger partial charge in [-0.05, 0) is 36.6 Å². The molecule has 126 valence electrons. The molecule has 0 fully saturated rings. The molecule has 3 heteroatoms. The van der Waals surface area contributed by atoms with E-state index in [0.717, 1.165) is 24.2 Å². The molecule has 0 unspecified atom stereocenters. The number of nitrogens with zero attached hydrogens (tertiary/aromatic N) is 2. The van der Waals surface area contributed by atoms with Crippen LogP contribution in [-0.4, -0.2) is 21.5 Å². The van der Waals surface area contributed by atoms with E-state index in [0.29, 0.717) is 0 Å². The monoisotopic (exact) mass is 314 g/mol. The third kappa shape index (κ3) is 4.23. The Morgan fingerprint density at radius 1 is 0.957 bits per heavy atom. The van der Waals surface area contributed by atoms with E-state index < -0.39 is 0 Å². The number of aliphatic hydroxyl groups is 1. The summed E-state index contributed by atoms with van der Waals surface area (Å²) in [6, 6.07) is 10.8. The molecule has 0 saturated heterocycles. The zero-order valence-corrected chi connectivity index (χ0v) is 15.3. The molecule has 0 spiro atoms. The normalized spacial score (nSPS) is 12.7. The molecular formula is C20H30N2O. The highest BCUT2D eigenvalue weighted by Gasteiger charge is 2.26. The minimum absolute atomic E-state index is 0.0338. The van der Waals surface area contributed by atoms with Gasteiger partial charge in [0.05, 0.1) is 11.4 Å². The third-order valence-electron chi connectivity index (χ3n) is 4.05. The summed E-state index contributed by atoms with van der Waals surface area (Å²) < 4.78 is 2.08. The van der Waals surface area contributed by atoms with Gasteiger partial charge in [0.2, 0.25) is 0 Å². The highest BCUT2D eigenvalue weighted by molar-refractivity contribution is 5.38. The van der Waals surface area contributed by atoms with Crippen LogP contribution in [0, 0.1) is 0 Å². The maximum atomic E-state index is 8.95. The lowest BCUT2D eigenvalue weighted by Gasteiger charge is -2.20. The Balaban J connectivity index is 2.43. The molecule has 0 bridgehead atoms. The highest BCUT2D eigenvalue weighted by atomic mass is 16.2. The molecule has 0 atom stereocenters. The lowest BCUT2D eigenvalue weighted by molar-refractivity contribution is 0.288. The van der Waals surface area contributed by atoms with Crippen LogP contribution < -0.4 is 0 Å². The SMILES string of the molecule is CC(C)(C)c1cc(C(C)(C)C)n(-c2ccc(CCCO)cc2)n1. The van der Waals surface area contributed by atoms with Gasteiger partial charge in [0.25, 0.3) is 0 Å². The van der Waals surface area contributed by atoms with E-state index in [1.54, 1.807) is 0 Å². The van der Waals surface area contributed by atoms with Gasteiger partial charge in [0.1, 0.15) is 0 Å². The first-order chi connectivity index (χ1) is 10.6. The molecule has 0 aliphatic heterocycles. The van der Waals surface area contributed by atoms with Gasteiger partial charge in [-0.3, -0.25) is 0 Å². The maximum absolute atomic E-state index is 8.95. The van der Waals surface area contributed by atoms with Crippen molar-refractivity contribution in [2.45, 2.75) is 65.2 Å². The summed E-state index contributed by atoms with van der Waals surface area (Å²) in [6.45, 7) is 13.5. The molecular weight excluding hydrogens is 284 g/mol. The van der Waals surface area contributed by atoms with Crippen molar-refractivity contribution in [1.82, 2.24) is 9.78 Å². The van der Waals surface area contributed by atoms with Crippen molar-refractivity contribution in [2.24, 2.45) is 0 Å². The number of benzene rings is 1. The van der Waals surface area contributed by atoms with Gasteiger partial charge < -0.3 is 5.11 Å². The number of hydrogen-bond donors (Lipinski definition) is 1. The molecule has 0 amide bonds. The number of rotatable bonds is 4. The van der Waals surface area contributed by atoms with Crippen LogP contribution in [0.1, 0.15) is 64.9 Å². The molecule has 3 nitrogen and oxygen atoms in total. The van der Waals surface area contributed by atoms with Crippen LogP contribution in [0.3, 0.4) is 0 Å². The lowest BCUT2D eigenvalue weighted by atomic mass is 9.88. The van der Waals surface area contributed by atoms with E-state index in [-0.39, 0.29) is 17.4 Å². The van der Waals surface area contributed by atoms with Gasteiger partial charge in [-0.1, -0.05) is 53.7 Å². The molecule has 0 aliphatic carbocycles. The zero-order chi connectivity index (χ0) is 17.3. The summed E-state index contributed by atoms with van der Waals surface area (Å²) in [4.78, 5) is 0. The van der Waals surface area contributed by atoms with Crippen LogP contribution in [-0.2, 0) is 17.3 Å². The second kappa shape index (κ2) is 6.48. The summed E-state index contributed by atoms with van der Waals surface area (Å²) in [5, 5.41) is 13.8. The standard InChI is InChI=1S/C20H30N2O/c1-19(2,3)17-14-18(20(4,5)6)22(21-17)16-11-9-15(10-12-16)8-7-13-23/h9-12,14,23H,7-8,13H2,1-6H3. The van der Waals surface area contributed by atoms with Crippen molar-refractivity contribution in [3.05, 3.63) is 47.3 Å². The molecule has 1 heterocycles. The predicted octanol–water partition coefficient (Wildman–Crippen LogP) is 4.39. The van der Waals surface area contributed by atoms with E-state index in [9.17, 15) is 0 Å². The fourth-order valence-electron chi connectivity index (χ4n) is 2.57. The van der Waals surface area contributed by atoms with E-state index in [2.05, 4.69) is 76.6 Å². The summed E-state index contributed by atoms with van der Waals surface area (Å²) in [7, 11) is 0. The van der Waals surface area contributed by atoms with E-state index >= 15 is 0 Å². The summed E-state index contributed by atoms with van der Waals surface area (Å²) in [5.74, 6) is 0. The second-order valence-corrected chi connectivity index (χ2v) is 8.32. The number of aryl methyl sites for hydroxylation is 1. The molecule has 1 aromatic carbocycles. The van der Waals surface area contributed by atoms with Crippen molar-refractivity contribution >= 4 is 0 Å². The van der Waals surface area contributed by atoms with E-state index in [1.807, 2.05) is 0 Å². The first-order valence-electron chi connectivity index (χ1n) is 8.44. The minimum Gasteiger partial charge on any atom is -0.396 e. The Morgan fingerprint density at radius 2 is 1.57 bits per heavy atom. The molecule has 0 saturated carbocycles. The van der Waals surface area contributed by atoms with Crippen LogP contribution >= 0.6 is 0 Å². The zero-order valence-electron chi connectivity index (χ0n) is 15.3. The number of hydrogen-bond acceptors (Lipinski definition) is 2. The van der Waals surface area contributed by atoms with Crippen molar-refractivity contribution < 1.29 is 5.11 Å². The molecule has 0 radical (unpaired) electrons. The Kier molecular flexibility index (Phi) is 5.00. The van der Waals surface area contributed by atoms with Gasteiger partial charge in [0.15, 0.2) is 0 Å². The summed E-state index contributed by atoms with van der Waals surface area (Å²) in [5.41, 5.74) is 4.76. The average molecular weight is 314 g/mol. The molecule has 2 rings (SSSR count). The fraction of sp³-hybridized carbons (Fsp3) is 0.550. The minimum atomic E-state index is 0.0338. The fourth-order valence-corrected chi connectivity index (χ4v) is 2.57. The van der Waals surface area contributed by atoms with Crippen molar-refractivity contribution in [1.29, 1.82) is 0 Å². The van der Waals surface area contributed by atoms with Crippen molar-refractivity contribution in [3.63, 3.8) is 0 Å². The Hall–Kier alpha value is -1.61. The predicted molar refractivity (Wildman–Crippen MR) is 96.4 cm³/mol. The molecule has 1 N–H and O–H groups in total. The molecule has 2 aromatic rings. The topological polar surface area (TPSA) is 38.0 Å². The average Bonchev–Trinajstić information content (AvgIpc) is 2.91. The van der Waals surface area contributed by atoms with Gasteiger partial charge in [-0.15, -0.1) is 0 Å². The largest absolute Gasteiger partial charge is 0.396 e. The number of aliphatic hydroxyl groups excluding tert-OH is 1. The van der Waals surface area contributed by atoms with Crippen LogP contribution in [0.2, 0.25) is 0 Å². The van der Waals surface area contributed by atoms with Crippen LogP contribution in [0.15, 0.2) is 30.3 Å². The van der Waals surface area contributed by atoms with E-state index in [1.165, 1.54) is 11.3 Å². The first kappa shape index (κ1) is 17.7. The Bertz CT molecular complexity index is 640.